The van der Waals surface area contributed by atoms with E-state index in [4.69, 9.17) is 0 Å². The molecule has 2 rings (SSSR count). The topological polar surface area (TPSA) is 29.9 Å². The Bertz CT molecular complexity index is 406. The molecular weight excluding hydrogens is 222 g/mol. The molecule has 1 aliphatic rings. The molecule has 1 aliphatic carbocycles. The zero-order valence-electron chi connectivity index (χ0n) is 11.8. The van der Waals surface area contributed by atoms with E-state index in [-0.39, 0.29) is 0 Å². The van der Waals surface area contributed by atoms with Crippen molar-refractivity contribution in [1.82, 2.24) is 15.1 Å². The lowest BCUT2D eigenvalue weighted by molar-refractivity contribution is 0.383. The van der Waals surface area contributed by atoms with E-state index in [9.17, 15) is 0 Å². The van der Waals surface area contributed by atoms with Gasteiger partial charge >= 0.3 is 0 Å². The number of rotatable bonds is 5. The van der Waals surface area contributed by atoms with Crippen LogP contribution in [0.3, 0.4) is 0 Å². The highest BCUT2D eigenvalue weighted by Gasteiger charge is 2.17. The van der Waals surface area contributed by atoms with Crippen LogP contribution < -0.4 is 5.32 Å². The first-order valence-corrected chi connectivity index (χ1v) is 6.99. The van der Waals surface area contributed by atoms with E-state index in [1.807, 2.05) is 17.9 Å². The van der Waals surface area contributed by atoms with Crippen molar-refractivity contribution >= 4 is 0 Å². The van der Waals surface area contributed by atoms with Crippen LogP contribution in [0.4, 0.5) is 0 Å². The Morgan fingerprint density at radius 1 is 1.50 bits per heavy atom. The molecule has 1 N–H and O–H groups in total. The molecule has 0 spiro atoms. The molecule has 2 atom stereocenters. The number of aryl methyl sites for hydroxylation is 1. The fraction of sp³-hybridized carbons (Fsp3) is 0.667. The van der Waals surface area contributed by atoms with Crippen molar-refractivity contribution in [2.45, 2.75) is 33.1 Å². The van der Waals surface area contributed by atoms with Crippen molar-refractivity contribution in [3.8, 4) is 0 Å². The molecule has 3 nitrogen and oxygen atoms in total. The summed E-state index contributed by atoms with van der Waals surface area (Å²) in [6.45, 7) is 6.79. The highest BCUT2D eigenvalue weighted by molar-refractivity contribution is 5.06. The van der Waals surface area contributed by atoms with E-state index < -0.39 is 0 Å². The molecule has 2 unspecified atom stereocenters. The van der Waals surface area contributed by atoms with Gasteiger partial charge < -0.3 is 5.32 Å². The highest BCUT2D eigenvalue weighted by atomic mass is 15.2. The quantitative estimate of drug-likeness (QED) is 0.640. The normalized spacial score (nSPS) is 24.1. The maximum atomic E-state index is 4.19. The third-order valence-electron chi connectivity index (χ3n) is 3.67. The molecule has 1 aromatic heterocycles. The summed E-state index contributed by atoms with van der Waals surface area (Å²) in [7, 11) is 1.97. The second-order valence-corrected chi connectivity index (χ2v) is 5.77. The van der Waals surface area contributed by atoms with Crippen LogP contribution in [0, 0.1) is 11.8 Å². The van der Waals surface area contributed by atoms with Crippen molar-refractivity contribution in [2.24, 2.45) is 18.9 Å². The average molecular weight is 247 g/mol. The van der Waals surface area contributed by atoms with Gasteiger partial charge in [0.05, 0.1) is 6.20 Å². The molecule has 0 bridgehead atoms. The molecule has 100 valence electrons. The van der Waals surface area contributed by atoms with Crippen LogP contribution in [0.5, 0.6) is 0 Å². The SMILES string of the molecule is CC1=CC(C)CC(CNCCc2cnn(C)c2)C1. The van der Waals surface area contributed by atoms with Crippen molar-refractivity contribution in [3.05, 3.63) is 29.6 Å². The molecule has 0 fully saturated rings. The van der Waals surface area contributed by atoms with Gasteiger partial charge in [-0.2, -0.15) is 5.10 Å². The van der Waals surface area contributed by atoms with Crippen molar-refractivity contribution in [2.75, 3.05) is 13.1 Å². The first-order valence-electron chi connectivity index (χ1n) is 6.99. The molecule has 18 heavy (non-hydrogen) atoms. The lowest BCUT2D eigenvalue weighted by Gasteiger charge is -2.25. The molecule has 1 aromatic rings. The van der Waals surface area contributed by atoms with Crippen LogP contribution >= 0.6 is 0 Å². The minimum atomic E-state index is 0.754. The third-order valence-corrected chi connectivity index (χ3v) is 3.67. The van der Waals surface area contributed by atoms with E-state index in [1.54, 1.807) is 5.57 Å². The Morgan fingerprint density at radius 2 is 2.33 bits per heavy atom. The van der Waals surface area contributed by atoms with Gasteiger partial charge in [0.15, 0.2) is 0 Å². The van der Waals surface area contributed by atoms with E-state index in [0.29, 0.717) is 0 Å². The fourth-order valence-electron chi connectivity index (χ4n) is 2.98. The average Bonchev–Trinajstić information content (AvgIpc) is 2.69. The molecule has 0 aromatic carbocycles. The van der Waals surface area contributed by atoms with Crippen molar-refractivity contribution in [3.63, 3.8) is 0 Å². The number of hydrogen-bond donors (Lipinski definition) is 1. The number of nitrogens with one attached hydrogen (secondary N) is 1. The highest BCUT2D eigenvalue weighted by Crippen LogP contribution is 2.27. The summed E-state index contributed by atoms with van der Waals surface area (Å²) >= 11 is 0. The first kappa shape index (κ1) is 13.3. The molecule has 0 amide bonds. The first-order chi connectivity index (χ1) is 8.63. The molecule has 0 radical (unpaired) electrons. The Hall–Kier alpha value is -1.09. The van der Waals surface area contributed by atoms with Crippen molar-refractivity contribution < 1.29 is 0 Å². The fourth-order valence-corrected chi connectivity index (χ4v) is 2.98. The summed E-state index contributed by atoms with van der Waals surface area (Å²) in [5, 5.41) is 7.78. The summed E-state index contributed by atoms with van der Waals surface area (Å²) in [5.74, 6) is 1.57. The number of hydrogen-bond acceptors (Lipinski definition) is 2. The summed E-state index contributed by atoms with van der Waals surface area (Å²) in [6, 6.07) is 0. The standard InChI is InChI=1S/C15H25N3/c1-12-6-13(2)8-15(7-12)9-16-5-4-14-10-17-18(3)11-14/h6,10-12,15-16H,4-5,7-9H2,1-3H3. The maximum absolute atomic E-state index is 4.19. The minimum Gasteiger partial charge on any atom is -0.316 e. The van der Waals surface area contributed by atoms with Gasteiger partial charge in [0, 0.05) is 13.2 Å². The van der Waals surface area contributed by atoms with Crippen LogP contribution in [0.1, 0.15) is 32.3 Å². The molecule has 3 heteroatoms. The molecular formula is C15H25N3. The lowest BCUT2D eigenvalue weighted by Crippen LogP contribution is -2.27. The predicted molar refractivity (Wildman–Crippen MR) is 75.4 cm³/mol. The second kappa shape index (κ2) is 6.19. The molecule has 0 saturated carbocycles. The summed E-state index contributed by atoms with van der Waals surface area (Å²) in [5.41, 5.74) is 2.88. The van der Waals surface area contributed by atoms with Crippen LogP contribution in [0.25, 0.3) is 0 Å². The van der Waals surface area contributed by atoms with Gasteiger partial charge in [-0.3, -0.25) is 4.68 Å². The zero-order valence-corrected chi connectivity index (χ0v) is 11.8. The van der Waals surface area contributed by atoms with E-state index in [2.05, 4.69) is 36.5 Å². The van der Waals surface area contributed by atoms with E-state index in [1.165, 1.54) is 18.4 Å². The van der Waals surface area contributed by atoms with Gasteiger partial charge in [0.2, 0.25) is 0 Å². The van der Waals surface area contributed by atoms with E-state index >= 15 is 0 Å². The summed E-state index contributed by atoms with van der Waals surface area (Å²) in [4.78, 5) is 0. The molecule has 1 heterocycles. The van der Waals surface area contributed by atoms with Crippen molar-refractivity contribution in [1.29, 1.82) is 0 Å². The number of nitrogens with zero attached hydrogens (tertiary/aromatic N) is 2. The van der Waals surface area contributed by atoms with Crippen LogP contribution in [-0.4, -0.2) is 22.9 Å². The molecule has 0 aliphatic heterocycles. The molecule has 0 saturated heterocycles. The largest absolute Gasteiger partial charge is 0.316 e. The van der Waals surface area contributed by atoms with Gasteiger partial charge in [-0.15, -0.1) is 0 Å². The minimum absolute atomic E-state index is 0.754. The Labute approximate surface area is 110 Å². The van der Waals surface area contributed by atoms with Gasteiger partial charge in [-0.25, -0.2) is 0 Å². The predicted octanol–water partition coefficient (Wildman–Crippen LogP) is 2.54. The zero-order chi connectivity index (χ0) is 13.0. The summed E-state index contributed by atoms with van der Waals surface area (Å²) < 4.78 is 1.87. The van der Waals surface area contributed by atoms with Gasteiger partial charge in [-0.1, -0.05) is 18.6 Å². The Kier molecular flexibility index (Phi) is 4.59. The van der Waals surface area contributed by atoms with E-state index in [0.717, 1.165) is 31.3 Å². The maximum Gasteiger partial charge on any atom is 0.0522 e. The number of aromatic nitrogens is 2. The Balaban J connectivity index is 1.65. The van der Waals surface area contributed by atoms with Gasteiger partial charge in [0.1, 0.15) is 0 Å². The smallest absolute Gasteiger partial charge is 0.0522 e. The second-order valence-electron chi connectivity index (χ2n) is 5.77. The van der Waals surface area contributed by atoms with Crippen LogP contribution in [0.2, 0.25) is 0 Å². The number of allylic oxidation sites excluding steroid dienone is 2. The van der Waals surface area contributed by atoms with Crippen LogP contribution in [-0.2, 0) is 13.5 Å². The van der Waals surface area contributed by atoms with Gasteiger partial charge in [0.25, 0.3) is 0 Å². The summed E-state index contributed by atoms with van der Waals surface area (Å²) in [6.07, 6.45) is 10.1. The van der Waals surface area contributed by atoms with Crippen LogP contribution in [0.15, 0.2) is 24.0 Å². The monoisotopic (exact) mass is 247 g/mol. The lowest BCUT2D eigenvalue weighted by atomic mass is 9.84. The Morgan fingerprint density at radius 3 is 3.00 bits per heavy atom. The third kappa shape index (κ3) is 3.98. The van der Waals surface area contributed by atoms with Gasteiger partial charge in [-0.05, 0) is 56.7 Å².